The van der Waals surface area contributed by atoms with E-state index in [1.165, 1.54) is 12.2 Å². The van der Waals surface area contributed by atoms with Crippen molar-refractivity contribution < 1.29 is 17.6 Å². The maximum absolute atomic E-state index is 12.3. The van der Waals surface area contributed by atoms with E-state index in [4.69, 9.17) is 4.42 Å². The predicted octanol–water partition coefficient (Wildman–Crippen LogP) is 1.38. The Morgan fingerprint density at radius 2 is 2.21 bits per heavy atom. The van der Waals surface area contributed by atoms with Crippen molar-refractivity contribution in [1.82, 2.24) is 14.6 Å². The lowest BCUT2D eigenvalue weighted by Gasteiger charge is -2.32. The van der Waals surface area contributed by atoms with Crippen LogP contribution in [-0.2, 0) is 14.8 Å². The van der Waals surface area contributed by atoms with E-state index in [9.17, 15) is 13.2 Å². The quantitative estimate of drug-likeness (QED) is 0.842. The molecule has 0 spiro atoms. The van der Waals surface area contributed by atoms with Crippen LogP contribution in [0.25, 0.3) is 17.2 Å². The van der Waals surface area contributed by atoms with Gasteiger partial charge in [-0.3, -0.25) is 4.79 Å². The van der Waals surface area contributed by atoms with Crippen LogP contribution >= 0.6 is 0 Å². The Morgan fingerprint density at radius 1 is 1.42 bits per heavy atom. The second kappa shape index (κ2) is 6.74. The summed E-state index contributed by atoms with van der Waals surface area (Å²) in [6.07, 6.45) is 5.56. The number of hydrogen-bond donors (Lipinski definition) is 1. The molecule has 1 N–H and O–H groups in total. The van der Waals surface area contributed by atoms with Crippen molar-refractivity contribution in [3.8, 4) is 0 Å². The van der Waals surface area contributed by atoms with Crippen LogP contribution in [-0.4, -0.2) is 49.6 Å². The highest BCUT2D eigenvalue weighted by atomic mass is 32.2. The molecule has 2 heterocycles. The third kappa shape index (κ3) is 4.21. The first-order valence-electron chi connectivity index (χ1n) is 7.70. The molecule has 2 aromatic rings. The lowest BCUT2D eigenvalue weighted by Crippen LogP contribution is -2.48. The van der Waals surface area contributed by atoms with Crippen molar-refractivity contribution in [2.75, 3.05) is 19.3 Å². The average molecular weight is 349 g/mol. The van der Waals surface area contributed by atoms with Gasteiger partial charge < -0.3 is 9.32 Å². The summed E-state index contributed by atoms with van der Waals surface area (Å²) in [5, 5.41) is 0. The average Bonchev–Trinajstić information content (AvgIpc) is 2.94. The monoisotopic (exact) mass is 349 g/mol. The van der Waals surface area contributed by atoms with Crippen molar-refractivity contribution in [3.05, 3.63) is 36.2 Å². The summed E-state index contributed by atoms with van der Waals surface area (Å²) in [4.78, 5) is 18.2. The minimum Gasteiger partial charge on any atom is -0.437 e. The van der Waals surface area contributed by atoms with E-state index in [1.807, 2.05) is 24.3 Å². The lowest BCUT2D eigenvalue weighted by atomic mass is 10.1. The van der Waals surface area contributed by atoms with Crippen LogP contribution in [0.15, 0.2) is 34.8 Å². The number of rotatable bonds is 4. The Bertz CT molecular complexity index is 839. The molecule has 1 saturated heterocycles. The van der Waals surface area contributed by atoms with Crippen molar-refractivity contribution in [3.63, 3.8) is 0 Å². The van der Waals surface area contributed by atoms with Crippen LogP contribution in [0, 0.1) is 0 Å². The van der Waals surface area contributed by atoms with E-state index in [2.05, 4.69) is 9.71 Å². The Kier molecular flexibility index (Phi) is 4.68. The summed E-state index contributed by atoms with van der Waals surface area (Å²) in [5.41, 5.74) is 1.40. The fourth-order valence-corrected chi connectivity index (χ4v) is 3.58. The Balaban J connectivity index is 1.65. The van der Waals surface area contributed by atoms with Gasteiger partial charge in [-0.05, 0) is 25.0 Å². The smallest absolute Gasteiger partial charge is 0.246 e. The number of carbonyl (C=O) groups excluding carboxylic acids is 1. The molecule has 0 saturated carbocycles. The van der Waals surface area contributed by atoms with Gasteiger partial charge in [-0.15, -0.1) is 0 Å². The zero-order valence-electron chi connectivity index (χ0n) is 13.3. The van der Waals surface area contributed by atoms with Crippen LogP contribution in [0.3, 0.4) is 0 Å². The first kappa shape index (κ1) is 16.7. The van der Waals surface area contributed by atoms with E-state index in [0.29, 0.717) is 24.6 Å². The van der Waals surface area contributed by atoms with Crippen molar-refractivity contribution in [1.29, 1.82) is 0 Å². The second-order valence-corrected chi connectivity index (χ2v) is 7.65. The molecule has 128 valence electrons. The minimum atomic E-state index is -3.27. The number of fused-ring (bicyclic) bond motifs is 1. The molecular weight excluding hydrogens is 330 g/mol. The molecule has 1 amide bonds. The molecule has 3 rings (SSSR count). The molecule has 7 nitrogen and oxygen atoms in total. The number of carbonyl (C=O) groups is 1. The van der Waals surface area contributed by atoms with Crippen LogP contribution in [0.4, 0.5) is 0 Å². The summed E-state index contributed by atoms with van der Waals surface area (Å²) < 4.78 is 30.7. The van der Waals surface area contributed by atoms with Gasteiger partial charge in [0, 0.05) is 31.3 Å². The van der Waals surface area contributed by atoms with Gasteiger partial charge in [-0.1, -0.05) is 12.1 Å². The Hall–Kier alpha value is -2.19. The van der Waals surface area contributed by atoms with Crippen LogP contribution in [0.5, 0.6) is 0 Å². The zero-order valence-corrected chi connectivity index (χ0v) is 14.1. The molecule has 0 unspecified atom stereocenters. The predicted molar refractivity (Wildman–Crippen MR) is 90.6 cm³/mol. The zero-order chi connectivity index (χ0) is 17.2. The molecule has 1 aromatic heterocycles. The van der Waals surface area contributed by atoms with Crippen LogP contribution < -0.4 is 4.72 Å². The van der Waals surface area contributed by atoms with Gasteiger partial charge in [0.05, 0.1) is 6.26 Å². The van der Waals surface area contributed by atoms with Gasteiger partial charge >= 0.3 is 0 Å². The van der Waals surface area contributed by atoms with Gasteiger partial charge in [0.2, 0.25) is 21.8 Å². The van der Waals surface area contributed by atoms with E-state index in [0.717, 1.165) is 24.6 Å². The number of sulfonamides is 1. The molecule has 0 radical (unpaired) electrons. The van der Waals surface area contributed by atoms with Gasteiger partial charge in [0.25, 0.3) is 0 Å². The number of oxazole rings is 1. The number of likely N-dealkylation sites (tertiary alicyclic amines) is 1. The van der Waals surface area contributed by atoms with Crippen molar-refractivity contribution >= 4 is 33.1 Å². The maximum Gasteiger partial charge on any atom is 0.246 e. The number of amides is 1. The van der Waals surface area contributed by atoms with Gasteiger partial charge in [-0.25, -0.2) is 18.1 Å². The SMILES string of the molecule is CS(=O)(=O)N[C@@H]1CCCN(C(=O)/C=C\c2nc3ccccc3o2)C1. The van der Waals surface area contributed by atoms with Crippen LogP contribution in [0.2, 0.25) is 0 Å². The summed E-state index contributed by atoms with van der Waals surface area (Å²) >= 11 is 0. The maximum atomic E-state index is 12.3. The van der Waals surface area contributed by atoms with E-state index in [-0.39, 0.29) is 11.9 Å². The van der Waals surface area contributed by atoms with Crippen LogP contribution in [0.1, 0.15) is 18.7 Å². The van der Waals surface area contributed by atoms with Gasteiger partial charge in [-0.2, -0.15) is 0 Å². The van der Waals surface area contributed by atoms with Gasteiger partial charge in [0.15, 0.2) is 5.58 Å². The highest BCUT2D eigenvalue weighted by Gasteiger charge is 2.24. The summed E-state index contributed by atoms with van der Waals surface area (Å²) in [6.45, 7) is 0.975. The standard InChI is InChI=1S/C16H19N3O4S/c1-24(21,22)18-12-5-4-10-19(11-12)16(20)9-8-15-17-13-6-2-3-7-14(13)23-15/h2-3,6-9,12,18H,4-5,10-11H2,1H3/b9-8-/t12-/m1/s1. The minimum absolute atomic E-state index is 0.183. The summed E-state index contributed by atoms with van der Waals surface area (Å²) in [5.74, 6) is 0.185. The second-order valence-electron chi connectivity index (χ2n) is 5.87. The molecule has 1 aliphatic rings. The Morgan fingerprint density at radius 3 is 2.96 bits per heavy atom. The molecular formula is C16H19N3O4S. The molecule has 1 aliphatic heterocycles. The van der Waals surface area contributed by atoms with Crippen molar-refractivity contribution in [2.45, 2.75) is 18.9 Å². The van der Waals surface area contributed by atoms with E-state index >= 15 is 0 Å². The van der Waals surface area contributed by atoms with Gasteiger partial charge in [0.1, 0.15) is 5.52 Å². The molecule has 1 atom stereocenters. The largest absolute Gasteiger partial charge is 0.437 e. The lowest BCUT2D eigenvalue weighted by molar-refractivity contribution is -0.127. The summed E-state index contributed by atoms with van der Waals surface area (Å²) in [7, 11) is -3.27. The third-order valence-corrected chi connectivity index (χ3v) is 4.55. The number of benzene rings is 1. The van der Waals surface area contributed by atoms with E-state index in [1.54, 1.807) is 4.90 Å². The third-order valence-electron chi connectivity index (χ3n) is 3.79. The topological polar surface area (TPSA) is 92.5 Å². The first-order valence-corrected chi connectivity index (χ1v) is 9.60. The fraction of sp³-hybridized carbons (Fsp3) is 0.375. The number of piperidine rings is 1. The normalized spacial score (nSPS) is 19.2. The molecule has 8 heteroatoms. The highest BCUT2D eigenvalue weighted by Crippen LogP contribution is 2.16. The Labute approximate surface area is 140 Å². The summed E-state index contributed by atoms with van der Waals surface area (Å²) in [6, 6.07) is 7.13. The molecule has 0 bridgehead atoms. The highest BCUT2D eigenvalue weighted by molar-refractivity contribution is 7.88. The molecule has 1 aromatic carbocycles. The molecule has 0 aliphatic carbocycles. The number of aromatic nitrogens is 1. The molecule has 24 heavy (non-hydrogen) atoms. The van der Waals surface area contributed by atoms with Crippen molar-refractivity contribution in [2.24, 2.45) is 0 Å². The first-order chi connectivity index (χ1) is 11.4. The fourth-order valence-electron chi connectivity index (χ4n) is 2.79. The number of nitrogens with zero attached hydrogens (tertiary/aromatic N) is 2. The number of hydrogen-bond acceptors (Lipinski definition) is 5. The number of para-hydroxylation sites is 2. The molecule has 1 fully saturated rings. The number of nitrogens with one attached hydrogen (secondary N) is 1. The van der Waals surface area contributed by atoms with E-state index < -0.39 is 10.0 Å².